The van der Waals surface area contributed by atoms with Crippen molar-refractivity contribution < 1.29 is 45.9 Å². The number of hydrogen-bond donors (Lipinski definition) is 4. The molecule has 16 heteroatoms. The zero-order chi connectivity index (χ0) is 17.7. The fraction of sp³-hybridized carbons (Fsp3) is 0.667. The molecule has 0 aromatic rings. The molecule has 0 amide bonds. The Bertz CT molecular complexity index is 395. The Morgan fingerprint density at radius 1 is 0.727 bits per heavy atom. The largest absolute Gasteiger partial charge is 0.379 e. The molecule has 0 aliphatic heterocycles. The van der Waals surface area contributed by atoms with Gasteiger partial charge in [0.2, 0.25) is 0 Å². The van der Waals surface area contributed by atoms with Gasteiger partial charge in [-0.2, -0.15) is 0 Å². The minimum atomic E-state index is -4.51. The van der Waals surface area contributed by atoms with Crippen LogP contribution in [0.25, 0.3) is 0 Å². The van der Waals surface area contributed by atoms with Crippen molar-refractivity contribution in [2.75, 3.05) is 26.7 Å². The fourth-order valence-electron chi connectivity index (χ4n) is 0.991. The highest BCUT2D eigenvalue weighted by Crippen LogP contribution is 2.81. The smallest absolute Gasteiger partial charge is 0.350 e. The third kappa shape index (κ3) is 8.12. The topological polar surface area (TPSA) is 152 Å². The SMILES string of the molecule is C=C(P(=O)(OP(C)O)OP(C)O)P(=O)(OP(C)O)OP(C)O. The van der Waals surface area contributed by atoms with Crippen molar-refractivity contribution in [2.24, 2.45) is 0 Å². The first-order valence-electron chi connectivity index (χ1n) is 5.22. The van der Waals surface area contributed by atoms with E-state index in [1.54, 1.807) is 0 Å². The van der Waals surface area contributed by atoms with Crippen LogP contribution in [0.1, 0.15) is 0 Å². The van der Waals surface area contributed by atoms with Crippen LogP contribution in [0.2, 0.25) is 0 Å². The minimum Gasteiger partial charge on any atom is -0.350 e. The molecule has 0 aromatic carbocycles. The van der Waals surface area contributed by atoms with Crippen LogP contribution < -0.4 is 0 Å². The Morgan fingerprint density at radius 2 is 0.909 bits per heavy atom. The second-order valence-electron chi connectivity index (χ2n) is 3.59. The molecule has 4 unspecified atom stereocenters. The van der Waals surface area contributed by atoms with Gasteiger partial charge in [-0.1, -0.05) is 6.58 Å². The summed E-state index contributed by atoms with van der Waals surface area (Å²) in [5.41, 5.74) is 0. The zero-order valence-corrected chi connectivity index (χ0v) is 17.5. The first kappa shape index (κ1) is 23.6. The summed E-state index contributed by atoms with van der Waals surface area (Å²) in [5.74, 6) is 0. The van der Waals surface area contributed by atoms with E-state index >= 15 is 0 Å². The molecule has 0 rings (SSSR count). The quantitative estimate of drug-likeness (QED) is 0.374. The molecule has 10 nitrogen and oxygen atoms in total. The molecule has 132 valence electrons. The molecule has 0 fully saturated rings. The van der Waals surface area contributed by atoms with E-state index in [0.29, 0.717) is 0 Å². The molecule has 0 radical (unpaired) electrons. The third-order valence-corrected chi connectivity index (χ3v) is 11.5. The van der Waals surface area contributed by atoms with E-state index in [4.69, 9.17) is 17.2 Å². The summed E-state index contributed by atoms with van der Waals surface area (Å²) in [4.78, 5) is 37.2. The highest BCUT2D eigenvalue weighted by atomic mass is 31.3. The first-order chi connectivity index (χ1) is 9.82. The summed E-state index contributed by atoms with van der Waals surface area (Å²) >= 11 is 0. The summed E-state index contributed by atoms with van der Waals surface area (Å²) in [6.07, 6.45) is 0. The van der Waals surface area contributed by atoms with Crippen LogP contribution in [-0.2, 0) is 26.4 Å². The molecule has 0 heterocycles. The summed E-state index contributed by atoms with van der Waals surface area (Å²) < 4.78 is 44.3. The van der Waals surface area contributed by atoms with E-state index in [1.807, 2.05) is 0 Å². The van der Waals surface area contributed by atoms with Crippen LogP contribution in [0.5, 0.6) is 0 Å². The van der Waals surface area contributed by atoms with Gasteiger partial charge in [0.15, 0.2) is 33.5 Å². The molecule has 0 aliphatic rings. The lowest BCUT2D eigenvalue weighted by Crippen LogP contribution is -1.98. The van der Waals surface area contributed by atoms with Crippen LogP contribution >= 0.6 is 48.7 Å². The standard InChI is InChI=1S/C6H18O10P6/c1-6(21(11,13-17(2)7)14-18(3)8)22(12,15-19(4)9)16-20(5)10/h7-10H,1H2,2-5H3. The summed E-state index contributed by atoms with van der Waals surface area (Å²) in [6, 6.07) is 0. The van der Waals surface area contributed by atoms with E-state index < -0.39 is 53.7 Å². The first-order valence-corrected chi connectivity index (χ1v) is 14.9. The van der Waals surface area contributed by atoms with Gasteiger partial charge in [-0.05, 0) is 0 Å². The van der Waals surface area contributed by atoms with Crippen molar-refractivity contribution in [1.82, 2.24) is 0 Å². The lowest BCUT2D eigenvalue weighted by Gasteiger charge is -2.27. The molecule has 0 bridgehead atoms. The van der Waals surface area contributed by atoms with Gasteiger partial charge in [0.25, 0.3) is 0 Å². The van der Waals surface area contributed by atoms with Crippen LogP contribution in [0.4, 0.5) is 0 Å². The Labute approximate surface area is 133 Å². The van der Waals surface area contributed by atoms with Gasteiger partial charge in [0.1, 0.15) is 5.06 Å². The Balaban J connectivity index is 5.71. The maximum Gasteiger partial charge on any atom is 0.379 e. The van der Waals surface area contributed by atoms with E-state index in [9.17, 15) is 28.7 Å². The van der Waals surface area contributed by atoms with Gasteiger partial charge in [0, 0.05) is 26.7 Å². The van der Waals surface area contributed by atoms with Crippen molar-refractivity contribution in [3.8, 4) is 0 Å². The molecule has 0 saturated carbocycles. The highest BCUT2D eigenvalue weighted by Gasteiger charge is 2.48. The van der Waals surface area contributed by atoms with Crippen molar-refractivity contribution >= 4 is 48.7 Å². The second-order valence-corrected chi connectivity index (χ2v) is 13.3. The molecule has 0 saturated heterocycles. The molecule has 4 N–H and O–H groups in total. The summed E-state index contributed by atoms with van der Waals surface area (Å²) in [7, 11) is -18.0. The molecular weight excluding hydrogens is 418 g/mol. The van der Waals surface area contributed by atoms with Crippen LogP contribution in [0.3, 0.4) is 0 Å². The van der Waals surface area contributed by atoms with Crippen molar-refractivity contribution in [2.45, 2.75) is 0 Å². The van der Waals surface area contributed by atoms with E-state index in [1.165, 1.54) is 0 Å². The van der Waals surface area contributed by atoms with Crippen LogP contribution in [0.15, 0.2) is 11.6 Å². The minimum absolute atomic E-state index is 0.835. The van der Waals surface area contributed by atoms with Crippen LogP contribution in [-0.4, -0.2) is 46.2 Å². The van der Waals surface area contributed by atoms with Gasteiger partial charge in [0.05, 0.1) is 0 Å². The zero-order valence-electron chi connectivity index (χ0n) is 12.1. The number of rotatable bonds is 10. The molecule has 0 spiro atoms. The Morgan fingerprint density at radius 3 is 1.05 bits per heavy atom. The molecular formula is C6H18O10P6. The van der Waals surface area contributed by atoms with E-state index in [2.05, 4.69) is 6.58 Å². The molecule has 0 aromatic heterocycles. The summed E-state index contributed by atoms with van der Waals surface area (Å²) in [6.45, 7) is 7.94. The Hall–Kier alpha value is 1.60. The summed E-state index contributed by atoms with van der Waals surface area (Å²) in [5, 5.41) is -0.835. The fourth-order valence-corrected chi connectivity index (χ4v) is 10.8. The van der Waals surface area contributed by atoms with Crippen molar-refractivity contribution in [1.29, 1.82) is 0 Å². The maximum absolute atomic E-state index is 12.6. The van der Waals surface area contributed by atoms with Crippen molar-refractivity contribution in [3.05, 3.63) is 11.6 Å². The lowest BCUT2D eigenvalue weighted by molar-refractivity contribution is 0.374. The van der Waals surface area contributed by atoms with Gasteiger partial charge < -0.3 is 19.6 Å². The highest BCUT2D eigenvalue weighted by molar-refractivity contribution is 7.86. The van der Waals surface area contributed by atoms with Gasteiger partial charge in [-0.25, -0.2) is 0 Å². The molecule has 0 aliphatic carbocycles. The maximum atomic E-state index is 12.6. The van der Waals surface area contributed by atoms with Gasteiger partial charge >= 0.3 is 15.2 Å². The molecule has 4 atom stereocenters. The molecule has 22 heavy (non-hydrogen) atoms. The van der Waals surface area contributed by atoms with Crippen molar-refractivity contribution in [3.63, 3.8) is 0 Å². The predicted molar refractivity (Wildman–Crippen MR) is 88.9 cm³/mol. The Kier molecular flexibility index (Phi) is 10.6. The monoisotopic (exact) mass is 436 g/mol. The second kappa shape index (κ2) is 9.92. The van der Waals surface area contributed by atoms with E-state index in [0.717, 1.165) is 26.7 Å². The van der Waals surface area contributed by atoms with E-state index in [-0.39, 0.29) is 0 Å². The number of hydrogen-bond acceptors (Lipinski definition) is 10. The predicted octanol–water partition coefficient (Wildman–Crippen LogP) is 3.65. The van der Waals surface area contributed by atoms with Gasteiger partial charge in [-0.3, -0.25) is 26.4 Å². The average Bonchev–Trinajstić information content (AvgIpc) is 2.22. The normalized spacial score (nSPS) is 22.9. The average molecular weight is 436 g/mol. The third-order valence-electron chi connectivity index (χ3n) is 1.53. The van der Waals surface area contributed by atoms with Gasteiger partial charge in [-0.15, -0.1) is 0 Å². The van der Waals surface area contributed by atoms with Crippen LogP contribution in [0, 0.1) is 0 Å². The lowest BCUT2D eigenvalue weighted by atomic mass is 11.2.